The molecule has 1 atom stereocenters. The van der Waals surface area contributed by atoms with Crippen LogP contribution in [0.15, 0.2) is 30.5 Å². The molecule has 3 N–H and O–H groups in total. The lowest BCUT2D eigenvalue weighted by Crippen LogP contribution is -2.52. The number of hydrogen-bond donors (Lipinski definition) is 3. The number of para-hydroxylation sites is 1. The molecule has 150 valence electrons. The quantitative estimate of drug-likeness (QED) is 0.673. The van der Waals surface area contributed by atoms with Crippen LogP contribution in [0.3, 0.4) is 0 Å². The monoisotopic (exact) mass is 393 g/mol. The number of benzene rings is 1. The first-order chi connectivity index (χ1) is 14.0. The van der Waals surface area contributed by atoms with Gasteiger partial charge in [-0.2, -0.15) is 5.26 Å². The fourth-order valence-electron chi connectivity index (χ4n) is 4.26. The number of imide groups is 1. The first-order valence-electron chi connectivity index (χ1n) is 9.90. The number of urea groups is 1. The van der Waals surface area contributed by atoms with Gasteiger partial charge in [-0.25, -0.2) is 4.79 Å². The van der Waals surface area contributed by atoms with Crippen LogP contribution in [0, 0.1) is 11.3 Å². The van der Waals surface area contributed by atoms with Gasteiger partial charge in [-0.3, -0.25) is 14.5 Å². The molecule has 1 aliphatic carbocycles. The second kappa shape index (κ2) is 7.59. The highest BCUT2D eigenvalue weighted by Crippen LogP contribution is 2.27. The fourth-order valence-corrected chi connectivity index (χ4v) is 4.26. The summed E-state index contributed by atoms with van der Waals surface area (Å²) in [5.41, 5.74) is 0.999. The van der Waals surface area contributed by atoms with Crippen molar-refractivity contribution in [3.05, 3.63) is 36.0 Å². The number of carbonyl (C=O) groups excluding carboxylic acids is 3. The predicted octanol–water partition coefficient (Wildman–Crippen LogP) is 1.97. The Balaban J connectivity index is 1.41. The number of amides is 4. The molecule has 8 nitrogen and oxygen atoms in total. The van der Waals surface area contributed by atoms with Gasteiger partial charge < -0.3 is 15.6 Å². The van der Waals surface area contributed by atoms with Crippen molar-refractivity contribution in [1.29, 1.82) is 5.26 Å². The van der Waals surface area contributed by atoms with E-state index < -0.39 is 29.4 Å². The number of H-pyrrole nitrogens is 1. The summed E-state index contributed by atoms with van der Waals surface area (Å²) in [5.74, 6) is -0.908. The average molecular weight is 393 g/mol. The number of fused-ring (bicyclic) bond motifs is 1. The van der Waals surface area contributed by atoms with Crippen molar-refractivity contribution < 1.29 is 14.4 Å². The van der Waals surface area contributed by atoms with Crippen LogP contribution in [0.25, 0.3) is 10.9 Å². The third kappa shape index (κ3) is 3.68. The largest absolute Gasteiger partial charge is 0.361 e. The first-order valence-corrected chi connectivity index (χ1v) is 9.90. The van der Waals surface area contributed by atoms with Gasteiger partial charge in [-0.05, 0) is 24.5 Å². The molecule has 1 aromatic heterocycles. The predicted molar refractivity (Wildman–Crippen MR) is 106 cm³/mol. The van der Waals surface area contributed by atoms with Crippen molar-refractivity contribution in [3.8, 4) is 6.07 Å². The summed E-state index contributed by atoms with van der Waals surface area (Å²) in [6, 6.07) is 8.66. The maximum Gasteiger partial charge on any atom is 0.325 e. The van der Waals surface area contributed by atoms with Crippen molar-refractivity contribution in [2.45, 2.75) is 50.1 Å². The van der Waals surface area contributed by atoms with E-state index in [4.69, 9.17) is 0 Å². The van der Waals surface area contributed by atoms with Gasteiger partial charge in [0.05, 0.1) is 6.07 Å². The average Bonchev–Trinajstić information content (AvgIpc) is 3.25. The summed E-state index contributed by atoms with van der Waals surface area (Å²) in [7, 11) is 0. The Labute approximate surface area is 168 Å². The minimum atomic E-state index is -0.891. The van der Waals surface area contributed by atoms with Crippen LogP contribution in [-0.4, -0.2) is 45.9 Å². The number of aromatic nitrogens is 1. The van der Waals surface area contributed by atoms with E-state index in [0.717, 1.165) is 40.6 Å². The van der Waals surface area contributed by atoms with E-state index in [9.17, 15) is 19.6 Å². The zero-order chi connectivity index (χ0) is 20.4. The van der Waals surface area contributed by atoms with Gasteiger partial charge >= 0.3 is 6.03 Å². The van der Waals surface area contributed by atoms with Crippen molar-refractivity contribution >= 4 is 28.7 Å². The first kappa shape index (κ1) is 19.0. The summed E-state index contributed by atoms with van der Waals surface area (Å²) < 4.78 is 0. The molecule has 29 heavy (non-hydrogen) atoms. The Hall–Kier alpha value is -3.34. The van der Waals surface area contributed by atoms with Gasteiger partial charge in [-0.15, -0.1) is 0 Å². The van der Waals surface area contributed by atoms with Crippen LogP contribution < -0.4 is 10.6 Å². The van der Waals surface area contributed by atoms with E-state index in [1.54, 1.807) is 0 Å². The third-order valence-electron chi connectivity index (χ3n) is 5.81. The Kier molecular flexibility index (Phi) is 4.97. The zero-order valence-electron chi connectivity index (χ0n) is 16.0. The van der Waals surface area contributed by atoms with E-state index >= 15 is 0 Å². The van der Waals surface area contributed by atoms with Gasteiger partial charge in [0.2, 0.25) is 5.91 Å². The molecule has 1 saturated heterocycles. The highest BCUT2D eigenvalue weighted by molar-refractivity contribution is 6.06. The molecule has 2 aliphatic rings. The SMILES string of the molecule is N#CC1(NC(=O)CN2C(=O)N[C@@H](Cc3c[nH]c4ccccc34)C2=O)CCCCC1. The number of nitrogens with zero attached hydrogens (tertiary/aromatic N) is 2. The molecule has 0 unspecified atom stereocenters. The lowest BCUT2D eigenvalue weighted by atomic mass is 9.83. The Morgan fingerprint density at radius 2 is 2.00 bits per heavy atom. The van der Waals surface area contributed by atoms with Crippen molar-refractivity contribution in [2.75, 3.05) is 6.54 Å². The number of aromatic amines is 1. The van der Waals surface area contributed by atoms with Crippen LogP contribution in [0.4, 0.5) is 4.79 Å². The summed E-state index contributed by atoms with van der Waals surface area (Å²) in [5, 5.41) is 15.9. The van der Waals surface area contributed by atoms with Crippen molar-refractivity contribution in [2.24, 2.45) is 0 Å². The smallest absolute Gasteiger partial charge is 0.325 e. The van der Waals surface area contributed by atoms with E-state index in [0.29, 0.717) is 19.3 Å². The lowest BCUT2D eigenvalue weighted by Gasteiger charge is -2.31. The molecule has 2 heterocycles. The molecule has 4 rings (SSSR count). The standard InChI is InChI=1S/C21H23N5O3/c22-13-21(8-4-1-5-9-21)25-18(27)12-26-19(28)17(24-20(26)29)10-14-11-23-16-7-3-2-6-15(14)16/h2-3,6-7,11,17,23H,1,4-5,8-10,12H2,(H,24,29)(H,25,27)/t17-/m0/s1. The molecule has 2 fully saturated rings. The Bertz CT molecular complexity index is 999. The van der Waals surface area contributed by atoms with Crippen LogP contribution in [0.1, 0.15) is 37.7 Å². The molecule has 0 bridgehead atoms. The van der Waals surface area contributed by atoms with Crippen molar-refractivity contribution in [1.82, 2.24) is 20.5 Å². The van der Waals surface area contributed by atoms with E-state index in [2.05, 4.69) is 21.7 Å². The Morgan fingerprint density at radius 1 is 1.24 bits per heavy atom. The zero-order valence-corrected chi connectivity index (χ0v) is 16.0. The molecule has 0 radical (unpaired) electrons. The summed E-state index contributed by atoms with van der Waals surface area (Å²) >= 11 is 0. The minimum absolute atomic E-state index is 0.342. The summed E-state index contributed by atoms with van der Waals surface area (Å²) in [4.78, 5) is 41.6. The number of rotatable bonds is 5. The van der Waals surface area contributed by atoms with Gasteiger partial charge in [0.1, 0.15) is 18.1 Å². The van der Waals surface area contributed by atoms with Gasteiger partial charge in [-0.1, -0.05) is 37.5 Å². The number of carbonyl (C=O) groups is 3. The molecule has 1 aromatic carbocycles. The third-order valence-corrected chi connectivity index (χ3v) is 5.81. The van der Waals surface area contributed by atoms with Crippen LogP contribution >= 0.6 is 0 Å². The molecule has 1 saturated carbocycles. The summed E-state index contributed by atoms with van der Waals surface area (Å²) in [6.45, 7) is -0.377. The molecule has 2 aromatic rings. The normalized spacial score (nSPS) is 21.1. The van der Waals surface area contributed by atoms with Crippen LogP contribution in [0.2, 0.25) is 0 Å². The number of nitrogens with one attached hydrogen (secondary N) is 3. The second-order valence-corrected chi connectivity index (χ2v) is 7.79. The van der Waals surface area contributed by atoms with Gasteiger partial charge in [0.25, 0.3) is 5.91 Å². The fraction of sp³-hybridized carbons (Fsp3) is 0.429. The van der Waals surface area contributed by atoms with Crippen LogP contribution in [-0.2, 0) is 16.0 Å². The minimum Gasteiger partial charge on any atom is -0.361 e. The topological polar surface area (TPSA) is 118 Å². The molecular weight excluding hydrogens is 370 g/mol. The molecule has 4 amide bonds. The highest BCUT2D eigenvalue weighted by atomic mass is 16.2. The number of hydrogen-bond acceptors (Lipinski definition) is 4. The highest BCUT2D eigenvalue weighted by Gasteiger charge is 2.41. The van der Waals surface area contributed by atoms with Crippen LogP contribution in [0.5, 0.6) is 0 Å². The van der Waals surface area contributed by atoms with Gasteiger partial charge in [0.15, 0.2) is 0 Å². The molecule has 1 aliphatic heterocycles. The van der Waals surface area contributed by atoms with E-state index in [1.165, 1.54) is 0 Å². The van der Waals surface area contributed by atoms with Crippen molar-refractivity contribution in [3.63, 3.8) is 0 Å². The second-order valence-electron chi connectivity index (χ2n) is 7.79. The molecular formula is C21H23N5O3. The van der Waals surface area contributed by atoms with Gasteiger partial charge in [0, 0.05) is 23.5 Å². The lowest BCUT2D eigenvalue weighted by molar-refractivity contribution is -0.132. The van der Waals surface area contributed by atoms with E-state index in [-0.39, 0.29) is 6.54 Å². The Morgan fingerprint density at radius 3 is 2.76 bits per heavy atom. The van der Waals surface area contributed by atoms with E-state index in [1.807, 2.05) is 30.5 Å². The molecule has 0 spiro atoms. The maximum atomic E-state index is 12.7. The maximum absolute atomic E-state index is 12.7. The number of nitriles is 1. The molecule has 8 heteroatoms. The summed E-state index contributed by atoms with van der Waals surface area (Å²) in [6.07, 6.45) is 6.17.